The highest BCUT2D eigenvalue weighted by molar-refractivity contribution is 5.16. The molecule has 0 heterocycles. The molecule has 6 nitrogen and oxygen atoms in total. The van der Waals surface area contributed by atoms with Gasteiger partial charge in [0.2, 0.25) is 0 Å². The highest BCUT2D eigenvalue weighted by Gasteiger charge is 1.97. The molecule has 0 atom stereocenters. The monoisotopic (exact) mass is 396 g/mol. The van der Waals surface area contributed by atoms with E-state index in [2.05, 4.69) is 36.9 Å². The average Bonchev–Trinajstić information content (AvgIpc) is 2.66. The molecule has 0 spiro atoms. The fourth-order valence-corrected chi connectivity index (χ4v) is 1.89. The highest BCUT2D eigenvalue weighted by Crippen LogP contribution is 2.05. The topological polar surface area (TPSA) is 61.0 Å². The summed E-state index contributed by atoms with van der Waals surface area (Å²) in [5.74, 6) is 1.33. The number of rotatable bonds is 21. The fourth-order valence-electron chi connectivity index (χ4n) is 1.89. The van der Waals surface area contributed by atoms with Crippen LogP contribution in [0.3, 0.4) is 0 Å². The lowest BCUT2D eigenvalue weighted by molar-refractivity contribution is 0.0498. The number of allylic oxidation sites excluding steroid dienone is 2. The Kier molecular flexibility index (Phi) is 17.7. The van der Waals surface area contributed by atoms with Crippen LogP contribution in [-0.4, -0.2) is 65.8 Å². The number of nitrogens with one attached hydrogen (secondary N) is 2. The van der Waals surface area contributed by atoms with Crippen molar-refractivity contribution in [2.24, 2.45) is 0 Å². The zero-order chi connectivity index (χ0) is 21.0. The minimum atomic E-state index is 0.611. The molecule has 0 saturated heterocycles. The minimum Gasteiger partial charge on any atom is -0.494 e. The largest absolute Gasteiger partial charge is 0.494 e. The summed E-state index contributed by atoms with van der Waals surface area (Å²) in [5.41, 5.74) is 1.74. The minimum absolute atomic E-state index is 0.611. The third-order valence-electron chi connectivity index (χ3n) is 3.72. The van der Waals surface area contributed by atoms with Gasteiger partial charge in [0.25, 0.3) is 0 Å². The third kappa shape index (κ3) is 17.8. The Morgan fingerprint density at radius 2 is 0.964 bits per heavy atom. The van der Waals surface area contributed by atoms with Crippen molar-refractivity contribution in [1.29, 1.82) is 0 Å². The van der Waals surface area contributed by atoms with E-state index in [1.54, 1.807) is 0 Å². The molecule has 0 saturated carbocycles. The average molecular weight is 397 g/mol. The normalized spacial score (nSPS) is 10.5. The van der Waals surface area contributed by atoms with E-state index in [1.165, 1.54) is 0 Å². The van der Waals surface area contributed by atoms with Gasteiger partial charge in [0.05, 0.1) is 39.6 Å². The van der Waals surface area contributed by atoms with Crippen LogP contribution in [0.1, 0.15) is 26.7 Å². The van der Waals surface area contributed by atoms with Crippen LogP contribution in [0.2, 0.25) is 0 Å². The number of hydrogen-bond donors (Lipinski definition) is 2. The second kappa shape index (κ2) is 18.7. The molecular formula is C22H40N2O4. The molecule has 28 heavy (non-hydrogen) atoms. The molecule has 0 radical (unpaired) electrons. The number of ether oxygens (including phenoxy) is 4. The van der Waals surface area contributed by atoms with E-state index in [1.807, 2.05) is 13.8 Å². The van der Waals surface area contributed by atoms with Gasteiger partial charge in [0.1, 0.15) is 11.5 Å². The van der Waals surface area contributed by atoms with Gasteiger partial charge < -0.3 is 29.6 Å². The van der Waals surface area contributed by atoms with Gasteiger partial charge in [0, 0.05) is 13.1 Å². The predicted octanol–water partition coefficient (Wildman–Crippen LogP) is 3.19. The quantitative estimate of drug-likeness (QED) is 0.177. The lowest BCUT2D eigenvalue weighted by Gasteiger charge is -2.10. The van der Waals surface area contributed by atoms with Crippen molar-refractivity contribution < 1.29 is 18.9 Å². The summed E-state index contributed by atoms with van der Waals surface area (Å²) in [6, 6.07) is 0. The van der Waals surface area contributed by atoms with Gasteiger partial charge >= 0.3 is 0 Å². The molecule has 2 N–H and O–H groups in total. The van der Waals surface area contributed by atoms with Crippen LogP contribution < -0.4 is 10.6 Å². The van der Waals surface area contributed by atoms with Crippen LogP contribution in [0.4, 0.5) is 0 Å². The molecule has 162 valence electrons. The Bertz CT molecular complexity index is 421. The Morgan fingerprint density at radius 3 is 1.32 bits per heavy atom. The van der Waals surface area contributed by atoms with Crippen molar-refractivity contribution in [2.45, 2.75) is 26.7 Å². The maximum atomic E-state index is 5.51. The summed E-state index contributed by atoms with van der Waals surface area (Å²) in [7, 11) is 0. The first-order valence-electron chi connectivity index (χ1n) is 9.97. The first-order valence-corrected chi connectivity index (χ1v) is 9.97. The Labute approximate surface area is 171 Å². The number of hydrogen-bond acceptors (Lipinski definition) is 6. The molecule has 0 aromatic carbocycles. The molecule has 0 fully saturated rings. The lowest BCUT2D eigenvalue weighted by atomic mass is 10.3. The molecular weight excluding hydrogens is 356 g/mol. The summed E-state index contributed by atoms with van der Waals surface area (Å²) in [6.07, 6.45) is 1.86. The SMILES string of the molecule is C=C(C)C(=C)OCCCNCCOCCOCCNCCCOC(=C)C(=C)C. The van der Waals surface area contributed by atoms with Crippen LogP contribution in [0.5, 0.6) is 0 Å². The van der Waals surface area contributed by atoms with E-state index < -0.39 is 0 Å². The van der Waals surface area contributed by atoms with E-state index in [4.69, 9.17) is 18.9 Å². The lowest BCUT2D eigenvalue weighted by Crippen LogP contribution is -2.24. The Morgan fingerprint density at radius 1 is 0.571 bits per heavy atom. The Balaban J connectivity index is 3.14. The molecule has 0 aliphatic carbocycles. The first-order chi connectivity index (χ1) is 13.4. The van der Waals surface area contributed by atoms with Crippen molar-refractivity contribution in [3.8, 4) is 0 Å². The summed E-state index contributed by atoms with van der Waals surface area (Å²) >= 11 is 0. The van der Waals surface area contributed by atoms with Crippen LogP contribution in [-0.2, 0) is 18.9 Å². The first kappa shape index (κ1) is 26.4. The van der Waals surface area contributed by atoms with Gasteiger partial charge in [-0.1, -0.05) is 26.3 Å². The smallest absolute Gasteiger partial charge is 0.114 e. The summed E-state index contributed by atoms with van der Waals surface area (Å²) < 4.78 is 21.9. The van der Waals surface area contributed by atoms with Crippen LogP contribution >= 0.6 is 0 Å². The van der Waals surface area contributed by atoms with Crippen molar-refractivity contribution in [3.05, 3.63) is 49.0 Å². The van der Waals surface area contributed by atoms with Crippen molar-refractivity contribution in [3.63, 3.8) is 0 Å². The molecule has 6 heteroatoms. The molecule has 0 rings (SSSR count). The van der Waals surface area contributed by atoms with Crippen molar-refractivity contribution in [2.75, 3.05) is 65.8 Å². The van der Waals surface area contributed by atoms with E-state index >= 15 is 0 Å². The van der Waals surface area contributed by atoms with E-state index in [0.29, 0.717) is 51.2 Å². The van der Waals surface area contributed by atoms with Crippen molar-refractivity contribution in [1.82, 2.24) is 10.6 Å². The van der Waals surface area contributed by atoms with Gasteiger partial charge in [-0.3, -0.25) is 0 Å². The van der Waals surface area contributed by atoms with Gasteiger partial charge in [0.15, 0.2) is 0 Å². The van der Waals surface area contributed by atoms with Gasteiger partial charge in [-0.2, -0.15) is 0 Å². The third-order valence-corrected chi connectivity index (χ3v) is 3.72. The molecule has 0 aromatic rings. The van der Waals surface area contributed by atoms with E-state index in [9.17, 15) is 0 Å². The highest BCUT2D eigenvalue weighted by atomic mass is 16.5. The van der Waals surface area contributed by atoms with Crippen LogP contribution in [0.25, 0.3) is 0 Å². The van der Waals surface area contributed by atoms with Crippen LogP contribution in [0, 0.1) is 0 Å². The van der Waals surface area contributed by atoms with Gasteiger partial charge in [-0.25, -0.2) is 0 Å². The molecule has 0 amide bonds. The van der Waals surface area contributed by atoms with Crippen LogP contribution in [0.15, 0.2) is 49.0 Å². The maximum Gasteiger partial charge on any atom is 0.114 e. The van der Waals surface area contributed by atoms with E-state index in [-0.39, 0.29) is 0 Å². The maximum absolute atomic E-state index is 5.51. The van der Waals surface area contributed by atoms with Gasteiger partial charge in [-0.05, 0) is 50.9 Å². The molecule has 0 aliphatic heterocycles. The second-order valence-electron chi connectivity index (χ2n) is 6.54. The molecule has 0 bridgehead atoms. The summed E-state index contributed by atoms with van der Waals surface area (Å²) in [5, 5.41) is 6.62. The molecule has 0 aromatic heterocycles. The second-order valence-corrected chi connectivity index (χ2v) is 6.54. The summed E-state index contributed by atoms with van der Waals surface area (Å²) in [6.45, 7) is 26.2. The molecule has 0 aliphatic rings. The van der Waals surface area contributed by atoms with Gasteiger partial charge in [-0.15, -0.1) is 0 Å². The Hall–Kier alpha value is -1.60. The zero-order valence-electron chi connectivity index (χ0n) is 17.9. The zero-order valence-corrected chi connectivity index (χ0v) is 17.9. The predicted molar refractivity (Wildman–Crippen MR) is 116 cm³/mol. The van der Waals surface area contributed by atoms with E-state index in [0.717, 1.165) is 50.2 Å². The molecule has 0 unspecified atom stereocenters. The fraction of sp³-hybridized carbons (Fsp3) is 0.636. The summed E-state index contributed by atoms with van der Waals surface area (Å²) in [4.78, 5) is 0. The standard InChI is InChI=1S/C22H40N2O4/c1-19(2)21(5)27-13-7-9-23-11-15-25-17-18-26-16-12-24-10-8-14-28-22(6)20(3)4/h23-24H,1,3,5-18H2,2,4H3. The van der Waals surface area contributed by atoms with Crippen molar-refractivity contribution >= 4 is 0 Å².